The van der Waals surface area contributed by atoms with Crippen LogP contribution in [-0.4, -0.2) is 24.5 Å². The zero-order valence-corrected chi connectivity index (χ0v) is 19.2. The Morgan fingerprint density at radius 3 is 2.66 bits per heavy atom. The summed E-state index contributed by atoms with van der Waals surface area (Å²) in [7, 11) is 0. The summed E-state index contributed by atoms with van der Waals surface area (Å²) in [5.74, 6) is -0.594. The molecule has 0 saturated carbocycles. The average Bonchev–Trinajstić information content (AvgIpc) is 3.24. The van der Waals surface area contributed by atoms with Gasteiger partial charge in [0.2, 0.25) is 5.91 Å². The molecule has 2 atom stereocenters. The number of carbonyl (C=O) groups excluding carboxylic acids is 2. The highest BCUT2D eigenvalue weighted by Crippen LogP contribution is 2.36. The van der Waals surface area contributed by atoms with Crippen LogP contribution in [0.25, 0.3) is 10.4 Å². The van der Waals surface area contributed by atoms with Crippen molar-refractivity contribution in [1.29, 1.82) is 0 Å². The molecule has 0 bridgehead atoms. The second kappa shape index (κ2) is 10.1. The van der Waals surface area contributed by atoms with Gasteiger partial charge in [0.15, 0.2) is 0 Å². The van der Waals surface area contributed by atoms with E-state index in [1.165, 1.54) is 22.5 Å². The Kier molecular flexibility index (Phi) is 7.02. The predicted octanol–water partition coefficient (Wildman–Crippen LogP) is 5.59. The molecule has 4 rings (SSSR count). The molecule has 1 aliphatic carbocycles. The minimum Gasteiger partial charge on any atom is -0.462 e. The van der Waals surface area contributed by atoms with Crippen LogP contribution in [0, 0.1) is 0 Å². The molecular formula is C26H28N2O3S. The minimum atomic E-state index is -0.428. The molecule has 3 aromatic rings. The van der Waals surface area contributed by atoms with Crippen molar-refractivity contribution in [3.8, 4) is 10.4 Å². The summed E-state index contributed by atoms with van der Waals surface area (Å²) in [5, 5.41) is 6.97. The Labute approximate surface area is 192 Å². The molecule has 1 aliphatic rings. The largest absolute Gasteiger partial charge is 0.462 e. The van der Waals surface area contributed by atoms with Crippen LogP contribution in [0.4, 0.5) is 5.00 Å². The summed E-state index contributed by atoms with van der Waals surface area (Å²) in [4.78, 5) is 26.5. The van der Waals surface area contributed by atoms with Gasteiger partial charge in [0.1, 0.15) is 5.00 Å². The number of thiophene rings is 1. The molecule has 0 fully saturated rings. The molecule has 0 unspecified atom stereocenters. The third kappa shape index (κ3) is 4.92. The van der Waals surface area contributed by atoms with Crippen molar-refractivity contribution in [1.82, 2.24) is 5.32 Å². The Morgan fingerprint density at radius 1 is 1.12 bits per heavy atom. The lowest BCUT2D eigenvalue weighted by Crippen LogP contribution is -2.41. The van der Waals surface area contributed by atoms with E-state index in [9.17, 15) is 9.59 Å². The molecule has 1 aromatic heterocycles. The lowest BCUT2D eigenvalue weighted by molar-refractivity contribution is -0.118. The van der Waals surface area contributed by atoms with Crippen molar-refractivity contribution < 1.29 is 14.3 Å². The molecule has 0 aliphatic heterocycles. The summed E-state index contributed by atoms with van der Waals surface area (Å²) in [6.07, 6.45) is 3.18. The number of fused-ring (bicyclic) bond motifs is 1. The minimum absolute atomic E-state index is 0.147. The molecular weight excluding hydrogens is 420 g/mol. The van der Waals surface area contributed by atoms with E-state index in [-0.39, 0.29) is 18.6 Å². The van der Waals surface area contributed by atoms with Crippen LogP contribution in [0.5, 0.6) is 0 Å². The summed E-state index contributed by atoms with van der Waals surface area (Å²) in [6, 6.07) is 19.8. The third-order valence-corrected chi connectivity index (χ3v) is 6.84. The molecule has 2 aromatic carbocycles. The summed E-state index contributed by atoms with van der Waals surface area (Å²) < 4.78 is 5.22. The van der Waals surface area contributed by atoms with Gasteiger partial charge in [-0.2, -0.15) is 0 Å². The lowest BCUT2D eigenvalue weighted by Gasteiger charge is -2.28. The Hall–Kier alpha value is -2.96. The number of ether oxygens (including phenoxy) is 1. The molecule has 0 spiro atoms. The van der Waals surface area contributed by atoms with Crippen molar-refractivity contribution in [3.63, 3.8) is 0 Å². The van der Waals surface area contributed by atoms with Crippen molar-refractivity contribution in [3.05, 3.63) is 77.4 Å². The Balaban J connectivity index is 1.52. The maximum atomic E-state index is 13.1. The van der Waals surface area contributed by atoms with Gasteiger partial charge in [-0.05, 0) is 55.9 Å². The van der Waals surface area contributed by atoms with Crippen LogP contribution in [0.15, 0.2) is 60.7 Å². The molecule has 166 valence electrons. The van der Waals surface area contributed by atoms with E-state index in [1.54, 1.807) is 13.0 Å². The van der Waals surface area contributed by atoms with E-state index in [0.29, 0.717) is 10.6 Å². The van der Waals surface area contributed by atoms with E-state index in [1.807, 2.05) is 43.3 Å². The van der Waals surface area contributed by atoms with Crippen molar-refractivity contribution >= 4 is 28.2 Å². The first-order chi connectivity index (χ1) is 15.6. The number of rotatable bonds is 7. The topological polar surface area (TPSA) is 67.4 Å². The van der Waals surface area contributed by atoms with Crippen LogP contribution in [-0.2, 0) is 16.0 Å². The normalized spacial score (nSPS) is 16.1. The smallest absolute Gasteiger partial charge is 0.341 e. The molecule has 6 heteroatoms. The lowest BCUT2D eigenvalue weighted by atomic mass is 9.87. The second-order valence-corrected chi connectivity index (χ2v) is 9.01. The summed E-state index contributed by atoms with van der Waals surface area (Å²) >= 11 is 1.39. The number of carbonyl (C=O) groups is 2. The Bertz CT molecular complexity index is 1090. The van der Waals surface area contributed by atoms with Gasteiger partial charge in [0.05, 0.1) is 18.2 Å². The summed E-state index contributed by atoms with van der Waals surface area (Å²) in [5.41, 5.74) is 4.00. The number of anilines is 1. The van der Waals surface area contributed by atoms with Crippen molar-refractivity contribution in [2.45, 2.75) is 45.2 Å². The van der Waals surface area contributed by atoms with Gasteiger partial charge in [-0.15, -0.1) is 11.3 Å². The highest BCUT2D eigenvalue weighted by Gasteiger charge is 2.26. The van der Waals surface area contributed by atoms with Gasteiger partial charge in [-0.3, -0.25) is 10.1 Å². The van der Waals surface area contributed by atoms with E-state index >= 15 is 0 Å². The SMILES string of the molecule is CCOC(=O)c1cc(-c2ccccc2)sc1NC(=O)[C@H](C)N[C@@H]1CCCc2ccccc21. The van der Waals surface area contributed by atoms with E-state index in [4.69, 9.17) is 4.74 Å². The van der Waals surface area contributed by atoms with Gasteiger partial charge >= 0.3 is 5.97 Å². The van der Waals surface area contributed by atoms with E-state index in [0.717, 1.165) is 29.7 Å². The number of nitrogens with one attached hydrogen (secondary N) is 2. The fourth-order valence-corrected chi connectivity index (χ4v) is 5.17. The van der Waals surface area contributed by atoms with Gasteiger partial charge in [0.25, 0.3) is 0 Å². The number of hydrogen-bond donors (Lipinski definition) is 2. The van der Waals surface area contributed by atoms with Crippen LogP contribution in [0.3, 0.4) is 0 Å². The number of benzene rings is 2. The highest BCUT2D eigenvalue weighted by atomic mass is 32.1. The van der Waals surface area contributed by atoms with Crippen LogP contribution < -0.4 is 10.6 Å². The molecule has 32 heavy (non-hydrogen) atoms. The molecule has 1 heterocycles. The quantitative estimate of drug-likeness (QED) is 0.463. The zero-order valence-electron chi connectivity index (χ0n) is 18.4. The maximum absolute atomic E-state index is 13.1. The fourth-order valence-electron chi connectivity index (χ4n) is 4.11. The zero-order chi connectivity index (χ0) is 22.5. The van der Waals surface area contributed by atoms with Crippen molar-refractivity contribution in [2.24, 2.45) is 0 Å². The maximum Gasteiger partial charge on any atom is 0.341 e. The molecule has 5 nitrogen and oxygen atoms in total. The summed E-state index contributed by atoms with van der Waals surface area (Å²) in [6.45, 7) is 3.92. The number of aryl methyl sites for hydroxylation is 1. The monoisotopic (exact) mass is 448 g/mol. The van der Waals surface area contributed by atoms with E-state index in [2.05, 4.69) is 28.8 Å². The second-order valence-electron chi connectivity index (χ2n) is 7.96. The number of amides is 1. The first-order valence-corrected chi connectivity index (χ1v) is 11.9. The van der Waals surface area contributed by atoms with Crippen LogP contribution in [0.2, 0.25) is 0 Å². The predicted molar refractivity (Wildman–Crippen MR) is 129 cm³/mol. The first kappa shape index (κ1) is 22.2. The molecule has 0 saturated heterocycles. The van der Waals surface area contributed by atoms with Crippen LogP contribution >= 0.6 is 11.3 Å². The third-order valence-electron chi connectivity index (χ3n) is 5.74. The number of hydrogen-bond acceptors (Lipinski definition) is 5. The van der Waals surface area contributed by atoms with Gasteiger partial charge in [-0.1, -0.05) is 54.6 Å². The first-order valence-electron chi connectivity index (χ1n) is 11.1. The molecule has 0 radical (unpaired) electrons. The van der Waals surface area contributed by atoms with Gasteiger partial charge in [0, 0.05) is 10.9 Å². The highest BCUT2D eigenvalue weighted by molar-refractivity contribution is 7.20. The number of esters is 1. The standard InChI is InChI=1S/C26H28N2O3S/c1-3-31-26(30)21-16-23(19-11-5-4-6-12-19)32-25(21)28-24(29)17(2)27-22-15-9-13-18-10-7-8-14-20(18)22/h4-8,10-12,14,16-17,22,27H,3,9,13,15H2,1-2H3,(H,28,29)/t17-,22+/m0/s1. The molecule has 1 amide bonds. The Morgan fingerprint density at radius 2 is 1.88 bits per heavy atom. The van der Waals surface area contributed by atoms with Gasteiger partial charge in [-0.25, -0.2) is 4.79 Å². The van der Waals surface area contributed by atoms with E-state index < -0.39 is 12.0 Å². The fraction of sp³-hybridized carbons (Fsp3) is 0.308. The van der Waals surface area contributed by atoms with Crippen LogP contribution in [0.1, 0.15) is 54.2 Å². The van der Waals surface area contributed by atoms with Gasteiger partial charge < -0.3 is 10.1 Å². The molecule has 2 N–H and O–H groups in total. The van der Waals surface area contributed by atoms with Crippen molar-refractivity contribution in [2.75, 3.05) is 11.9 Å². The average molecular weight is 449 g/mol.